The molecule has 2 heteroatoms. The van der Waals surface area contributed by atoms with Gasteiger partial charge in [-0.25, -0.2) is 4.39 Å². The van der Waals surface area contributed by atoms with Crippen molar-refractivity contribution in [1.82, 2.24) is 5.32 Å². The summed E-state index contributed by atoms with van der Waals surface area (Å²) in [5, 5.41) is 3.63. The molecule has 1 aromatic carbocycles. The highest BCUT2D eigenvalue weighted by Gasteiger charge is 2.19. The first kappa shape index (κ1) is 18.2. The fourth-order valence-corrected chi connectivity index (χ4v) is 3.15. The summed E-state index contributed by atoms with van der Waals surface area (Å²) in [6.45, 7) is 12.4. The van der Waals surface area contributed by atoms with Crippen LogP contribution in [-0.4, -0.2) is 12.6 Å². The van der Waals surface area contributed by atoms with Gasteiger partial charge >= 0.3 is 0 Å². The van der Waals surface area contributed by atoms with Gasteiger partial charge in [-0.3, -0.25) is 0 Å². The molecule has 1 nitrogen and oxygen atoms in total. The number of hydrogen-bond donors (Lipinski definition) is 1. The second kappa shape index (κ2) is 8.53. The van der Waals surface area contributed by atoms with Crippen LogP contribution in [0.2, 0.25) is 0 Å². The Balaban J connectivity index is 2.62. The first-order valence-electron chi connectivity index (χ1n) is 8.28. The molecule has 0 aliphatic rings. The molecular weight excluding hydrogens is 261 g/mol. The van der Waals surface area contributed by atoms with E-state index in [9.17, 15) is 4.39 Å². The molecule has 0 fully saturated rings. The summed E-state index contributed by atoms with van der Waals surface area (Å²) in [7, 11) is 0. The molecule has 0 saturated carbocycles. The highest BCUT2D eigenvalue weighted by atomic mass is 19.1. The van der Waals surface area contributed by atoms with Crippen LogP contribution >= 0.6 is 0 Å². The SMILES string of the molecule is CCCNC(Cc1cccc(F)c1)CC(C)CC(C)(C)C. The van der Waals surface area contributed by atoms with Crippen molar-refractivity contribution < 1.29 is 4.39 Å². The van der Waals surface area contributed by atoms with Crippen molar-refractivity contribution in [1.29, 1.82) is 0 Å². The van der Waals surface area contributed by atoms with E-state index in [1.165, 1.54) is 12.5 Å². The predicted octanol–water partition coefficient (Wildman–Crippen LogP) is 5.20. The average molecular weight is 293 g/mol. The molecule has 2 unspecified atom stereocenters. The molecule has 1 rings (SSSR count). The van der Waals surface area contributed by atoms with Crippen LogP contribution in [0.15, 0.2) is 24.3 Å². The fourth-order valence-electron chi connectivity index (χ4n) is 3.15. The lowest BCUT2D eigenvalue weighted by molar-refractivity contribution is 0.274. The second-order valence-electron chi connectivity index (χ2n) is 7.59. The summed E-state index contributed by atoms with van der Waals surface area (Å²) < 4.78 is 13.3. The van der Waals surface area contributed by atoms with Crippen LogP contribution in [0.4, 0.5) is 4.39 Å². The van der Waals surface area contributed by atoms with Crippen molar-refractivity contribution in [2.75, 3.05) is 6.54 Å². The molecular formula is C19H32FN. The zero-order chi connectivity index (χ0) is 15.9. The molecule has 0 amide bonds. The number of rotatable bonds is 8. The highest BCUT2D eigenvalue weighted by molar-refractivity contribution is 5.17. The van der Waals surface area contributed by atoms with E-state index in [2.05, 4.69) is 39.9 Å². The minimum Gasteiger partial charge on any atom is -0.314 e. The zero-order valence-corrected chi connectivity index (χ0v) is 14.4. The first-order valence-corrected chi connectivity index (χ1v) is 8.28. The summed E-state index contributed by atoms with van der Waals surface area (Å²) >= 11 is 0. The summed E-state index contributed by atoms with van der Waals surface area (Å²) in [5.74, 6) is 0.539. The number of nitrogens with one attached hydrogen (secondary N) is 1. The Morgan fingerprint density at radius 3 is 2.52 bits per heavy atom. The number of benzene rings is 1. The molecule has 0 aromatic heterocycles. The third kappa shape index (κ3) is 8.21. The van der Waals surface area contributed by atoms with Gasteiger partial charge in [0.2, 0.25) is 0 Å². The van der Waals surface area contributed by atoms with E-state index in [1.54, 1.807) is 12.1 Å². The first-order chi connectivity index (χ1) is 9.80. The van der Waals surface area contributed by atoms with Crippen molar-refractivity contribution in [3.63, 3.8) is 0 Å². The van der Waals surface area contributed by atoms with Gasteiger partial charge in [-0.05, 0) is 61.3 Å². The molecule has 21 heavy (non-hydrogen) atoms. The monoisotopic (exact) mass is 293 g/mol. The van der Waals surface area contributed by atoms with Crippen LogP contribution in [-0.2, 0) is 6.42 Å². The molecule has 0 aliphatic heterocycles. The molecule has 0 saturated heterocycles. The van der Waals surface area contributed by atoms with E-state index in [0.717, 1.165) is 31.4 Å². The van der Waals surface area contributed by atoms with Gasteiger partial charge in [0.05, 0.1) is 0 Å². The quantitative estimate of drug-likeness (QED) is 0.694. The Kier molecular flexibility index (Phi) is 7.37. The average Bonchev–Trinajstić information content (AvgIpc) is 2.33. The molecule has 120 valence electrons. The lowest BCUT2D eigenvalue weighted by Gasteiger charge is -2.27. The van der Waals surface area contributed by atoms with Gasteiger partial charge in [0.1, 0.15) is 5.82 Å². The van der Waals surface area contributed by atoms with Crippen LogP contribution in [0, 0.1) is 17.2 Å². The number of hydrogen-bond acceptors (Lipinski definition) is 1. The minimum atomic E-state index is -0.135. The Labute approximate surface area is 130 Å². The van der Waals surface area contributed by atoms with Gasteiger partial charge < -0.3 is 5.32 Å². The summed E-state index contributed by atoms with van der Waals surface area (Å²) in [6, 6.07) is 7.44. The van der Waals surface area contributed by atoms with Crippen LogP contribution in [0.25, 0.3) is 0 Å². The van der Waals surface area contributed by atoms with Crippen molar-refractivity contribution >= 4 is 0 Å². The van der Waals surface area contributed by atoms with Crippen LogP contribution in [0.1, 0.15) is 59.4 Å². The summed E-state index contributed by atoms with van der Waals surface area (Å²) in [4.78, 5) is 0. The Morgan fingerprint density at radius 2 is 1.95 bits per heavy atom. The van der Waals surface area contributed by atoms with E-state index in [4.69, 9.17) is 0 Å². The highest BCUT2D eigenvalue weighted by Crippen LogP contribution is 2.27. The maximum Gasteiger partial charge on any atom is 0.123 e. The summed E-state index contributed by atoms with van der Waals surface area (Å²) in [6.07, 6.45) is 4.41. The van der Waals surface area contributed by atoms with Crippen molar-refractivity contribution in [2.24, 2.45) is 11.3 Å². The topological polar surface area (TPSA) is 12.0 Å². The van der Waals surface area contributed by atoms with Crippen LogP contribution in [0.5, 0.6) is 0 Å². The van der Waals surface area contributed by atoms with Gasteiger partial charge in [0, 0.05) is 6.04 Å². The minimum absolute atomic E-state index is 0.135. The van der Waals surface area contributed by atoms with E-state index >= 15 is 0 Å². The van der Waals surface area contributed by atoms with Crippen LogP contribution < -0.4 is 5.32 Å². The standard InChI is InChI=1S/C19H32FN/c1-6-10-21-18(11-15(2)14-19(3,4)5)13-16-8-7-9-17(20)12-16/h7-9,12,15,18,21H,6,10-11,13-14H2,1-5H3. The van der Waals surface area contributed by atoms with E-state index < -0.39 is 0 Å². The van der Waals surface area contributed by atoms with E-state index in [1.807, 2.05) is 6.07 Å². The molecule has 0 aliphatic carbocycles. The Hall–Kier alpha value is -0.890. The maximum atomic E-state index is 13.3. The Morgan fingerprint density at radius 1 is 1.24 bits per heavy atom. The van der Waals surface area contributed by atoms with E-state index in [-0.39, 0.29) is 5.82 Å². The largest absolute Gasteiger partial charge is 0.314 e. The summed E-state index contributed by atoms with van der Waals surface area (Å²) in [5.41, 5.74) is 1.46. The van der Waals surface area contributed by atoms with Gasteiger partial charge in [0.15, 0.2) is 0 Å². The van der Waals surface area contributed by atoms with Crippen molar-refractivity contribution in [3.05, 3.63) is 35.6 Å². The number of halogens is 1. The van der Waals surface area contributed by atoms with Gasteiger partial charge in [-0.2, -0.15) is 0 Å². The molecule has 0 heterocycles. The third-order valence-electron chi connectivity index (χ3n) is 3.70. The maximum absolute atomic E-state index is 13.3. The lowest BCUT2D eigenvalue weighted by atomic mass is 9.82. The molecule has 1 aromatic rings. The molecule has 0 radical (unpaired) electrons. The van der Waals surface area contributed by atoms with Gasteiger partial charge in [-0.15, -0.1) is 0 Å². The fraction of sp³-hybridized carbons (Fsp3) is 0.684. The zero-order valence-electron chi connectivity index (χ0n) is 14.4. The second-order valence-corrected chi connectivity index (χ2v) is 7.59. The van der Waals surface area contributed by atoms with Gasteiger partial charge in [0.25, 0.3) is 0 Å². The van der Waals surface area contributed by atoms with E-state index in [0.29, 0.717) is 17.4 Å². The third-order valence-corrected chi connectivity index (χ3v) is 3.70. The predicted molar refractivity (Wildman–Crippen MR) is 90.0 cm³/mol. The van der Waals surface area contributed by atoms with Crippen LogP contribution in [0.3, 0.4) is 0 Å². The van der Waals surface area contributed by atoms with Crippen molar-refractivity contribution in [3.8, 4) is 0 Å². The normalized spacial score (nSPS) is 15.0. The molecule has 2 atom stereocenters. The molecule has 0 spiro atoms. The smallest absolute Gasteiger partial charge is 0.123 e. The van der Waals surface area contributed by atoms with Gasteiger partial charge in [-0.1, -0.05) is 46.8 Å². The van der Waals surface area contributed by atoms with Crippen molar-refractivity contribution in [2.45, 2.75) is 66.3 Å². The lowest BCUT2D eigenvalue weighted by Crippen LogP contribution is -2.34. The molecule has 0 bridgehead atoms. The molecule has 1 N–H and O–H groups in total. The Bertz CT molecular complexity index is 408.